The van der Waals surface area contributed by atoms with Gasteiger partial charge in [-0.3, -0.25) is 9.59 Å². The molecule has 1 fully saturated rings. The molecule has 20 heavy (non-hydrogen) atoms. The molecule has 0 aliphatic carbocycles. The number of halogens is 1. The fourth-order valence-corrected chi connectivity index (χ4v) is 2.38. The summed E-state index contributed by atoms with van der Waals surface area (Å²) >= 11 is 6.03. The molecule has 1 aromatic carbocycles. The lowest BCUT2D eigenvalue weighted by Gasteiger charge is -2.19. The summed E-state index contributed by atoms with van der Waals surface area (Å²) in [6.45, 7) is 0.163. The van der Waals surface area contributed by atoms with E-state index in [0.29, 0.717) is 10.7 Å². The van der Waals surface area contributed by atoms with Crippen LogP contribution < -0.4 is 10.4 Å². The lowest BCUT2D eigenvalue weighted by molar-refractivity contribution is -0.145. The van der Waals surface area contributed by atoms with Crippen molar-refractivity contribution >= 4 is 41.7 Å². The summed E-state index contributed by atoms with van der Waals surface area (Å²) < 4.78 is 4.63. The lowest BCUT2D eigenvalue weighted by atomic mass is 9.80. The molecule has 0 aromatic heterocycles. The van der Waals surface area contributed by atoms with Crippen LogP contribution in [0.5, 0.6) is 0 Å². The average Bonchev–Trinajstić information content (AvgIpc) is 2.80. The predicted octanol–water partition coefficient (Wildman–Crippen LogP) is -0.454. The summed E-state index contributed by atoms with van der Waals surface area (Å²) in [5.41, 5.74) is 0.576. The third kappa shape index (κ3) is 2.79. The van der Waals surface area contributed by atoms with Crippen molar-refractivity contribution in [3.05, 3.63) is 23.2 Å². The van der Waals surface area contributed by atoms with E-state index in [1.807, 2.05) is 0 Å². The first-order valence-corrected chi connectivity index (χ1v) is 6.35. The fourth-order valence-electron chi connectivity index (χ4n) is 2.16. The van der Waals surface area contributed by atoms with Crippen molar-refractivity contribution in [2.24, 2.45) is 5.92 Å². The Balaban J connectivity index is 2.30. The summed E-state index contributed by atoms with van der Waals surface area (Å²) in [5, 5.41) is 18.6. The molecular formula is C12H13BClNO5. The minimum atomic E-state index is -1.65. The molecule has 8 heteroatoms. The predicted molar refractivity (Wildman–Crippen MR) is 73.8 cm³/mol. The van der Waals surface area contributed by atoms with Crippen LogP contribution in [0, 0.1) is 5.92 Å². The minimum Gasteiger partial charge on any atom is -0.469 e. The summed E-state index contributed by atoms with van der Waals surface area (Å²) in [6.07, 6.45) is 0.0505. The summed E-state index contributed by atoms with van der Waals surface area (Å²) in [4.78, 5) is 24.8. The molecule has 6 nitrogen and oxygen atoms in total. The first-order valence-electron chi connectivity index (χ1n) is 5.97. The van der Waals surface area contributed by atoms with Crippen molar-refractivity contribution < 1.29 is 24.4 Å². The monoisotopic (exact) mass is 297 g/mol. The number of esters is 1. The lowest BCUT2D eigenvalue weighted by Crippen LogP contribution is -2.32. The Morgan fingerprint density at radius 3 is 2.80 bits per heavy atom. The van der Waals surface area contributed by atoms with Crippen molar-refractivity contribution in [2.45, 2.75) is 6.42 Å². The first kappa shape index (κ1) is 14.8. The van der Waals surface area contributed by atoms with E-state index in [9.17, 15) is 9.59 Å². The molecule has 1 aromatic rings. The Hall–Kier alpha value is -1.57. The maximum atomic E-state index is 12.0. The standard InChI is InChI=1S/C12H13BClNO5/c1-20-12(17)7-4-11(16)15(6-7)10-5-8(13(18)19)2-3-9(10)14/h2-3,5,7,18-19H,4,6H2,1H3. The molecule has 0 saturated carbocycles. The van der Waals surface area contributed by atoms with E-state index in [4.69, 9.17) is 21.6 Å². The first-order chi connectivity index (χ1) is 9.43. The average molecular weight is 298 g/mol. The normalized spacial score (nSPS) is 18.3. The van der Waals surface area contributed by atoms with Crippen LogP contribution in [0.1, 0.15) is 6.42 Å². The number of hydrogen-bond donors (Lipinski definition) is 2. The van der Waals surface area contributed by atoms with Crippen LogP contribution in [-0.4, -0.2) is 42.7 Å². The maximum absolute atomic E-state index is 12.0. The van der Waals surface area contributed by atoms with Crippen molar-refractivity contribution in [2.75, 3.05) is 18.6 Å². The molecular weight excluding hydrogens is 284 g/mol. The Kier molecular flexibility index (Phi) is 4.32. The number of carbonyl (C=O) groups excluding carboxylic acids is 2. The SMILES string of the molecule is COC(=O)C1CC(=O)N(c2cc(B(O)O)ccc2Cl)C1. The molecule has 2 N–H and O–H groups in total. The fraction of sp³-hybridized carbons (Fsp3) is 0.333. The van der Waals surface area contributed by atoms with Crippen LogP contribution in [0.15, 0.2) is 18.2 Å². The van der Waals surface area contributed by atoms with Gasteiger partial charge in [0.2, 0.25) is 5.91 Å². The van der Waals surface area contributed by atoms with Crippen molar-refractivity contribution in [1.29, 1.82) is 0 Å². The smallest absolute Gasteiger partial charge is 0.469 e. The van der Waals surface area contributed by atoms with Gasteiger partial charge in [0.1, 0.15) is 0 Å². The third-order valence-corrected chi connectivity index (χ3v) is 3.54. The van der Waals surface area contributed by atoms with Crippen LogP contribution in [0.2, 0.25) is 5.02 Å². The molecule has 1 unspecified atom stereocenters. The highest BCUT2D eigenvalue weighted by Crippen LogP contribution is 2.30. The summed E-state index contributed by atoms with van der Waals surface area (Å²) in [7, 11) is -0.384. The molecule has 0 bridgehead atoms. The number of amides is 1. The van der Waals surface area contributed by atoms with Crippen LogP contribution in [0.25, 0.3) is 0 Å². The van der Waals surface area contributed by atoms with Gasteiger partial charge in [0, 0.05) is 13.0 Å². The molecule has 1 saturated heterocycles. The number of hydrogen-bond acceptors (Lipinski definition) is 5. The Morgan fingerprint density at radius 2 is 2.20 bits per heavy atom. The van der Waals surface area contributed by atoms with Gasteiger partial charge in [0.15, 0.2) is 0 Å². The van der Waals surface area contributed by atoms with E-state index in [0.717, 1.165) is 0 Å². The molecule has 1 atom stereocenters. The quantitative estimate of drug-likeness (QED) is 0.583. The largest absolute Gasteiger partial charge is 0.488 e. The highest BCUT2D eigenvalue weighted by atomic mass is 35.5. The topological polar surface area (TPSA) is 87.1 Å². The van der Waals surface area contributed by atoms with Gasteiger partial charge in [-0.1, -0.05) is 17.7 Å². The van der Waals surface area contributed by atoms with Gasteiger partial charge in [-0.25, -0.2) is 0 Å². The number of carbonyl (C=O) groups is 2. The Bertz CT molecular complexity index is 551. The zero-order valence-electron chi connectivity index (χ0n) is 10.7. The number of methoxy groups -OCH3 is 1. The van der Waals surface area contributed by atoms with E-state index in [1.165, 1.54) is 30.2 Å². The van der Waals surface area contributed by atoms with Crippen molar-refractivity contribution in [1.82, 2.24) is 0 Å². The van der Waals surface area contributed by atoms with E-state index in [2.05, 4.69) is 4.74 Å². The van der Waals surface area contributed by atoms with E-state index in [1.54, 1.807) is 0 Å². The second-order valence-corrected chi connectivity index (χ2v) is 4.92. The second-order valence-electron chi connectivity index (χ2n) is 4.51. The zero-order valence-corrected chi connectivity index (χ0v) is 11.5. The van der Waals surface area contributed by atoms with Gasteiger partial charge >= 0.3 is 13.1 Å². The number of ether oxygens (including phenoxy) is 1. The number of nitrogens with zero attached hydrogens (tertiary/aromatic N) is 1. The van der Waals surface area contributed by atoms with Gasteiger partial charge < -0.3 is 19.7 Å². The molecule has 106 valence electrons. The highest BCUT2D eigenvalue weighted by molar-refractivity contribution is 6.59. The highest BCUT2D eigenvalue weighted by Gasteiger charge is 2.36. The molecule has 2 rings (SSSR count). The van der Waals surface area contributed by atoms with Gasteiger partial charge in [0.25, 0.3) is 0 Å². The number of anilines is 1. The summed E-state index contributed by atoms with van der Waals surface area (Å²) in [6, 6.07) is 4.35. The molecule has 1 aliphatic heterocycles. The van der Waals surface area contributed by atoms with E-state index < -0.39 is 19.0 Å². The molecule has 1 heterocycles. The number of benzene rings is 1. The Morgan fingerprint density at radius 1 is 1.50 bits per heavy atom. The molecule has 1 aliphatic rings. The molecule has 0 spiro atoms. The molecule has 1 amide bonds. The Labute approximate surface area is 121 Å². The van der Waals surface area contributed by atoms with E-state index >= 15 is 0 Å². The number of rotatable bonds is 3. The van der Waals surface area contributed by atoms with Crippen molar-refractivity contribution in [3.8, 4) is 0 Å². The zero-order chi connectivity index (χ0) is 14.9. The van der Waals surface area contributed by atoms with Gasteiger partial charge in [-0.2, -0.15) is 0 Å². The van der Waals surface area contributed by atoms with Gasteiger partial charge in [0.05, 0.1) is 23.7 Å². The van der Waals surface area contributed by atoms with Crippen molar-refractivity contribution in [3.63, 3.8) is 0 Å². The van der Waals surface area contributed by atoms with Crippen LogP contribution >= 0.6 is 11.6 Å². The van der Waals surface area contributed by atoms with Crippen LogP contribution in [0.3, 0.4) is 0 Å². The minimum absolute atomic E-state index is 0.0505. The van der Waals surface area contributed by atoms with Crippen LogP contribution in [-0.2, 0) is 14.3 Å². The third-order valence-electron chi connectivity index (χ3n) is 3.22. The molecule has 0 radical (unpaired) electrons. The maximum Gasteiger partial charge on any atom is 0.488 e. The second kappa shape index (κ2) is 5.82. The van der Waals surface area contributed by atoms with Gasteiger partial charge in [-0.05, 0) is 17.6 Å². The summed E-state index contributed by atoms with van der Waals surface area (Å²) in [5.74, 6) is -1.24. The van der Waals surface area contributed by atoms with Crippen LogP contribution in [0.4, 0.5) is 5.69 Å². The van der Waals surface area contributed by atoms with E-state index in [-0.39, 0.29) is 24.3 Å². The van der Waals surface area contributed by atoms with Gasteiger partial charge in [-0.15, -0.1) is 0 Å².